The standard InChI is InChI=1S/C22H28FN3O3S/c1-5-7-8-15-13-18-20(14-19(15)25(6-2)30(4,28)29)26(21(18)22(27)24-3)17-11-9-16(23)10-12-17/h9-14H,5-8H2,1-4H3,(H2-,24,27,28,29)/p+1. The van der Waals surface area contributed by atoms with Crippen molar-refractivity contribution in [3.63, 3.8) is 0 Å². The van der Waals surface area contributed by atoms with Gasteiger partial charge in [0.15, 0.2) is 0 Å². The molecule has 0 saturated heterocycles. The second-order valence-corrected chi connectivity index (χ2v) is 9.35. The Bertz CT molecular complexity index is 1080. The van der Waals surface area contributed by atoms with E-state index in [2.05, 4.69) is 12.2 Å². The van der Waals surface area contributed by atoms with Gasteiger partial charge in [0.05, 0.1) is 5.69 Å². The Morgan fingerprint density at radius 2 is 1.87 bits per heavy atom. The minimum absolute atomic E-state index is 0.229. The first-order valence-corrected chi connectivity index (χ1v) is 12.0. The van der Waals surface area contributed by atoms with Gasteiger partial charge in [-0.05, 0) is 43.5 Å². The van der Waals surface area contributed by atoms with Gasteiger partial charge in [0.1, 0.15) is 11.0 Å². The first-order chi connectivity index (χ1) is 14.2. The minimum Gasteiger partial charge on any atom is -0.350 e. The summed E-state index contributed by atoms with van der Waals surface area (Å²) in [6, 6.07) is 9.82. The van der Waals surface area contributed by atoms with E-state index in [0.29, 0.717) is 17.9 Å². The SMILES string of the molecule is CCCCc1cc2c(cc1N(CC)S(C)(O)O)=[N+](c1ccc(F)cc1)C=2C(=O)NC. The second kappa shape index (κ2) is 8.75. The number of halogens is 1. The third-order valence-electron chi connectivity index (χ3n) is 5.22. The van der Waals surface area contributed by atoms with E-state index in [-0.39, 0.29) is 11.7 Å². The maximum absolute atomic E-state index is 13.4. The van der Waals surface area contributed by atoms with Crippen molar-refractivity contribution in [3.05, 3.63) is 58.4 Å². The van der Waals surface area contributed by atoms with Gasteiger partial charge in [0.2, 0.25) is 11.0 Å². The number of carbonyl (C=O) groups is 1. The molecule has 8 heteroatoms. The molecule has 2 aromatic rings. The number of aryl methyl sites for hydroxylation is 1. The summed E-state index contributed by atoms with van der Waals surface area (Å²) in [6.45, 7) is 4.41. The summed E-state index contributed by atoms with van der Waals surface area (Å²) in [7, 11) is -1.39. The highest BCUT2D eigenvalue weighted by molar-refractivity contribution is 8.24. The van der Waals surface area contributed by atoms with Crippen LogP contribution in [0.25, 0.3) is 5.70 Å². The number of likely N-dealkylation sites (N-methyl/N-ethyl adjacent to an activating group) is 1. The average Bonchev–Trinajstić information content (AvgIpc) is 2.69. The maximum atomic E-state index is 13.4. The molecule has 0 atom stereocenters. The van der Waals surface area contributed by atoms with E-state index in [1.54, 1.807) is 28.1 Å². The molecule has 0 spiro atoms. The van der Waals surface area contributed by atoms with Gasteiger partial charge in [-0.3, -0.25) is 18.2 Å². The molecule has 0 fully saturated rings. The first-order valence-electron chi connectivity index (χ1n) is 10.1. The van der Waals surface area contributed by atoms with E-state index in [1.807, 2.05) is 19.1 Å². The predicted octanol–water partition coefficient (Wildman–Crippen LogP) is 2.98. The molecule has 0 radical (unpaired) electrons. The molecule has 0 aromatic heterocycles. The minimum atomic E-state index is -2.96. The summed E-state index contributed by atoms with van der Waals surface area (Å²) in [5.74, 6) is -0.582. The van der Waals surface area contributed by atoms with Crippen molar-refractivity contribution in [2.45, 2.75) is 33.1 Å². The lowest BCUT2D eigenvalue weighted by molar-refractivity contribution is -0.115. The summed E-state index contributed by atoms with van der Waals surface area (Å²) >= 11 is 0. The van der Waals surface area contributed by atoms with Crippen molar-refractivity contribution in [2.75, 3.05) is 24.2 Å². The number of nitrogens with one attached hydrogen (secondary N) is 1. The molecule has 1 heterocycles. The van der Waals surface area contributed by atoms with Crippen molar-refractivity contribution in [1.82, 2.24) is 9.89 Å². The van der Waals surface area contributed by atoms with E-state index < -0.39 is 10.8 Å². The van der Waals surface area contributed by atoms with Crippen LogP contribution < -0.4 is 24.8 Å². The highest BCUT2D eigenvalue weighted by Crippen LogP contribution is 2.43. The van der Waals surface area contributed by atoms with Gasteiger partial charge in [-0.15, -0.1) is 15.4 Å². The summed E-state index contributed by atoms with van der Waals surface area (Å²) in [5.41, 5.74) is 2.88. The molecule has 3 N–H and O–H groups in total. The molecule has 1 amide bonds. The Morgan fingerprint density at radius 3 is 2.40 bits per heavy atom. The van der Waals surface area contributed by atoms with Crippen LogP contribution in [0.1, 0.15) is 32.3 Å². The van der Waals surface area contributed by atoms with Crippen LogP contribution in [0.15, 0.2) is 36.4 Å². The highest BCUT2D eigenvalue weighted by Gasteiger charge is 2.36. The van der Waals surface area contributed by atoms with E-state index in [4.69, 9.17) is 0 Å². The number of rotatable bonds is 8. The Kier molecular flexibility index (Phi) is 6.50. The van der Waals surface area contributed by atoms with Gasteiger partial charge in [0, 0.05) is 38.0 Å². The molecular formula is C22H29FN3O3S+. The maximum Gasteiger partial charge on any atom is 0.317 e. The van der Waals surface area contributed by atoms with Crippen LogP contribution in [-0.2, 0) is 11.2 Å². The molecule has 0 unspecified atom stereocenters. The van der Waals surface area contributed by atoms with Crippen LogP contribution >= 0.6 is 10.8 Å². The quantitative estimate of drug-likeness (QED) is 0.559. The zero-order valence-electron chi connectivity index (χ0n) is 17.8. The summed E-state index contributed by atoms with van der Waals surface area (Å²) < 4.78 is 37.6. The number of hydrogen-bond donors (Lipinski definition) is 3. The number of amides is 1. The zero-order valence-corrected chi connectivity index (χ0v) is 18.6. The second-order valence-electron chi connectivity index (χ2n) is 7.33. The van der Waals surface area contributed by atoms with Gasteiger partial charge >= 0.3 is 5.91 Å². The Hall–Kier alpha value is -2.42. The number of unbranched alkanes of at least 4 members (excludes halogenated alkanes) is 1. The molecule has 1 aliphatic heterocycles. The summed E-state index contributed by atoms with van der Waals surface area (Å²) in [6.07, 6.45) is 4.13. The molecule has 2 aromatic carbocycles. The number of carbonyl (C=O) groups excluding carboxylic acids is 1. The van der Waals surface area contributed by atoms with Crippen molar-refractivity contribution >= 4 is 33.8 Å². The average molecular weight is 435 g/mol. The van der Waals surface area contributed by atoms with E-state index in [9.17, 15) is 18.3 Å². The van der Waals surface area contributed by atoms with E-state index >= 15 is 0 Å². The molecule has 0 aliphatic carbocycles. The van der Waals surface area contributed by atoms with Crippen molar-refractivity contribution < 1.29 is 18.3 Å². The van der Waals surface area contributed by atoms with Crippen LogP contribution in [0, 0.1) is 5.82 Å². The molecule has 6 nitrogen and oxygen atoms in total. The van der Waals surface area contributed by atoms with Crippen LogP contribution in [0.5, 0.6) is 0 Å². The normalized spacial score (nSPS) is 13.6. The molecule has 1 aliphatic rings. The third kappa shape index (κ3) is 4.08. The third-order valence-corrected chi connectivity index (χ3v) is 6.51. The number of hydrogen-bond acceptors (Lipinski definition) is 4. The van der Waals surface area contributed by atoms with Crippen LogP contribution in [0.3, 0.4) is 0 Å². The number of anilines is 1. The number of benzene rings is 2. The Labute approximate surface area is 177 Å². The van der Waals surface area contributed by atoms with Crippen LogP contribution in [0.2, 0.25) is 0 Å². The summed E-state index contributed by atoms with van der Waals surface area (Å²) in [4.78, 5) is 12.6. The molecule has 30 heavy (non-hydrogen) atoms. The number of nitrogens with zero attached hydrogens (tertiary/aromatic N) is 2. The molecule has 162 valence electrons. The van der Waals surface area contributed by atoms with Gasteiger partial charge in [-0.1, -0.05) is 13.3 Å². The molecule has 3 rings (SSSR count). The van der Waals surface area contributed by atoms with Gasteiger partial charge < -0.3 is 5.32 Å². The lowest BCUT2D eigenvalue weighted by Crippen LogP contribution is -2.54. The van der Waals surface area contributed by atoms with Crippen molar-refractivity contribution in [1.29, 1.82) is 0 Å². The van der Waals surface area contributed by atoms with Crippen molar-refractivity contribution in [3.8, 4) is 0 Å². The first kappa shape index (κ1) is 22.3. The fourth-order valence-electron chi connectivity index (χ4n) is 3.79. The fraction of sp³-hybridized carbons (Fsp3) is 0.364. The molecular weight excluding hydrogens is 405 g/mol. The predicted molar refractivity (Wildman–Crippen MR) is 121 cm³/mol. The summed E-state index contributed by atoms with van der Waals surface area (Å²) in [5, 5.41) is 4.25. The molecule has 0 saturated carbocycles. The monoisotopic (exact) mass is 434 g/mol. The molecule has 0 bridgehead atoms. The van der Waals surface area contributed by atoms with E-state index in [1.165, 1.54) is 18.4 Å². The van der Waals surface area contributed by atoms with Crippen LogP contribution in [0.4, 0.5) is 15.8 Å². The fourth-order valence-corrected chi connectivity index (χ4v) is 4.82. The van der Waals surface area contributed by atoms with Gasteiger partial charge in [-0.25, -0.2) is 4.39 Å². The smallest absolute Gasteiger partial charge is 0.317 e. The zero-order chi connectivity index (χ0) is 22.1. The largest absolute Gasteiger partial charge is 0.350 e. The highest BCUT2D eigenvalue weighted by atomic mass is 32.3. The Balaban J connectivity index is 2.30. The Morgan fingerprint density at radius 1 is 1.20 bits per heavy atom. The van der Waals surface area contributed by atoms with Gasteiger partial charge in [-0.2, -0.15) is 0 Å². The van der Waals surface area contributed by atoms with Gasteiger partial charge in [0.25, 0.3) is 5.70 Å². The lowest BCUT2D eigenvalue weighted by atomic mass is 10.00. The topological polar surface area (TPSA) is 75.8 Å². The van der Waals surface area contributed by atoms with Crippen LogP contribution in [-0.4, -0.2) is 34.9 Å². The van der Waals surface area contributed by atoms with Crippen molar-refractivity contribution in [2.24, 2.45) is 0 Å². The lowest BCUT2D eigenvalue weighted by Gasteiger charge is -2.41. The number of fused-ring (bicyclic) bond motifs is 1. The van der Waals surface area contributed by atoms with E-state index in [0.717, 1.165) is 41.1 Å².